The first-order valence-electron chi connectivity index (χ1n) is 10.6. The number of nitrogens with zero attached hydrogens (tertiary/aromatic N) is 4. The molecule has 0 bridgehead atoms. The van der Waals surface area contributed by atoms with Crippen molar-refractivity contribution in [3.8, 4) is 0 Å². The summed E-state index contributed by atoms with van der Waals surface area (Å²) in [5.41, 5.74) is 1.30. The Hall–Kier alpha value is -0.930. The molecule has 0 spiro atoms. The summed E-state index contributed by atoms with van der Waals surface area (Å²) < 4.78 is 13.2. The molecule has 0 amide bonds. The number of hydrogen-bond acceptors (Lipinski definition) is 3. The molecule has 5 nitrogen and oxygen atoms in total. The van der Waals surface area contributed by atoms with E-state index in [2.05, 4.69) is 32.1 Å². The highest BCUT2D eigenvalue weighted by Gasteiger charge is 2.39. The second-order valence-corrected chi connectivity index (χ2v) is 8.46. The molecule has 0 aromatic heterocycles. The zero-order chi connectivity index (χ0) is 20.0. The Bertz CT molecular complexity index is 637. The van der Waals surface area contributed by atoms with E-state index in [4.69, 9.17) is 0 Å². The number of aliphatic imine (C=N–C) groups is 1. The number of hydrogen-bond donors (Lipinski definition) is 1. The van der Waals surface area contributed by atoms with Gasteiger partial charge in [-0.1, -0.05) is 18.6 Å². The van der Waals surface area contributed by atoms with E-state index in [0.29, 0.717) is 6.54 Å². The fourth-order valence-electron chi connectivity index (χ4n) is 4.57. The Balaban J connectivity index is 0.00000300. The summed E-state index contributed by atoms with van der Waals surface area (Å²) in [6.07, 6.45) is 6.40. The molecule has 3 rings (SSSR count). The molecule has 2 saturated heterocycles. The predicted molar refractivity (Wildman–Crippen MR) is 130 cm³/mol. The van der Waals surface area contributed by atoms with Crippen molar-refractivity contribution in [2.45, 2.75) is 44.2 Å². The molecular formula is C22H37FIN5. The molecule has 164 valence electrons. The van der Waals surface area contributed by atoms with Gasteiger partial charge in [0.15, 0.2) is 5.96 Å². The van der Waals surface area contributed by atoms with Crippen LogP contribution in [0.1, 0.15) is 37.7 Å². The van der Waals surface area contributed by atoms with Crippen LogP contribution in [0.2, 0.25) is 0 Å². The van der Waals surface area contributed by atoms with Crippen molar-refractivity contribution in [2.75, 3.05) is 53.9 Å². The Kier molecular flexibility index (Phi) is 9.62. The van der Waals surface area contributed by atoms with Crippen molar-refractivity contribution in [1.29, 1.82) is 0 Å². The van der Waals surface area contributed by atoms with Gasteiger partial charge in [-0.3, -0.25) is 9.89 Å². The molecule has 0 radical (unpaired) electrons. The van der Waals surface area contributed by atoms with E-state index in [1.807, 2.05) is 26.2 Å². The summed E-state index contributed by atoms with van der Waals surface area (Å²) in [6.45, 7) is 6.38. The molecule has 0 unspecified atom stereocenters. The van der Waals surface area contributed by atoms with Crippen LogP contribution in [0.5, 0.6) is 0 Å². The minimum atomic E-state index is -0.195. The van der Waals surface area contributed by atoms with Crippen molar-refractivity contribution in [2.24, 2.45) is 4.99 Å². The first-order chi connectivity index (χ1) is 13.5. The number of likely N-dealkylation sites (tertiary alicyclic amines) is 2. The highest BCUT2D eigenvalue weighted by molar-refractivity contribution is 14.0. The van der Waals surface area contributed by atoms with Crippen LogP contribution in [0.25, 0.3) is 0 Å². The van der Waals surface area contributed by atoms with Gasteiger partial charge in [0.2, 0.25) is 0 Å². The van der Waals surface area contributed by atoms with Gasteiger partial charge in [0.1, 0.15) is 5.82 Å². The highest BCUT2D eigenvalue weighted by Crippen LogP contribution is 2.31. The van der Waals surface area contributed by atoms with Crippen LogP contribution in [-0.2, 0) is 6.54 Å². The average Bonchev–Trinajstić information content (AvgIpc) is 2.72. The van der Waals surface area contributed by atoms with Crippen LogP contribution in [0.15, 0.2) is 29.3 Å². The highest BCUT2D eigenvalue weighted by atomic mass is 127. The number of halogens is 2. The SMILES string of the molecule is CN=C(NCC1(N2CCCCC2)CCN(C)CC1)N(C)Cc1ccc(F)cc1.I. The standard InChI is InChI=1S/C22H36FN5.HI/c1-24-21(27(3)17-19-7-9-20(23)10-8-19)25-18-22(11-15-26(2)16-12-22)28-13-5-4-6-14-28;/h7-10H,4-6,11-18H2,1-3H3,(H,24,25);1H. The minimum Gasteiger partial charge on any atom is -0.354 e. The van der Waals surface area contributed by atoms with Crippen molar-refractivity contribution >= 4 is 29.9 Å². The van der Waals surface area contributed by atoms with E-state index in [-0.39, 0.29) is 35.3 Å². The van der Waals surface area contributed by atoms with Crippen LogP contribution in [0.3, 0.4) is 0 Å². The minimum absolute atomic E-state index is 0. The summed E-state index contributed by atoms with van der Waals surface area (Å²) in [5.74, 6) is 0.708. The molecule has 2 heterocycles. The van der Waals surface area contributed by atoms with E-state index >= 15 is 0 Å². The molecule has 29 heavy (non-hydrogen) atoms. The maximum absolute atomic E-state index is 13.2. The van der Waals surface area contributed by atoms with Gasteiger partial charge in [-0.05, 0) is 76.6 Å². The van der Waals surface area contributed by atoms with E-state index < -0.39 is 0 Å². The summed E-state index contributed by atoms with van der Waals surface area (Å²) in [6, 6.07) is 6.71. The average molecular weight is 517 g/mol. The van der Waals surface area contributed by atoms with Crippen molar-refractivity contribution in [3.63, 3.8) is 0 Å². The van der Waals surface area contributed by atoms with E-state index in [9.17, 15) is 4.39 Å². The first-order valence-corrected chi connectivity index (χ1v) is 10.6. The molecule has 1 aromatic rings. The third-order valence-electron chi connectivity index (χ3n) is 6.43. The second-order valence-electron chi connectivity index (χ2n) is 8.46. The maximum Gasteiger partial charge on any atom is 0.193 e. The van der Waals surface area contributed by atoms with Crippen molar-refractivity contribution in [1.82, 2.24) is 20.0 Å². The lowest BCUT2D eigenvalue weighted by atomic mass is 9.84. The van der Waals surface area contributed by atoms with Gasteiger partial charge < -0.3 is 15.1 Å². The maximum atomic E-state index is 13.2. The number of rotatable bonds is 5. The zero-order valence-electron chi connectivity index (χ0n) is 18.2. The number of guanidine groups is 1. The molecule has 1 aromatic carbocycles. The molecule has 2 fully saturated rings. The third-order valence-corrected chi connectivity index (χ3v) is 6.43. The van der Waals surface area contributed by atoms with Gasteiger partial charge in [0.25, 0.3) is 0 Å². The lowest BCUT2D eigenvalue weighted by molar-refractivity contribution is 0.0170. The van der Waals surface area contributed by atoms with Gasteiger partial charge in [0.05, 0.1) is 0 Å². The van der Waals surface area contributed by atoms with Crippen LogP contribution in [-0.4, -0.2) is 80.1 Å². The lowest BCUT2D eigenvalue weighted by Crippen LogP contribution is -2.62. The Labute approximate surface area is 192 Å². The number of piperidine rings is 2. The fraction of sp³-hybridized carbons (Fsp3) is 0.682. The fourth-order valence-corrected chi connectivity index (χ4v) is 4.57. The van der Waals surface area contributed by atoms with Crippen LogP contribution >= 0.6 is 24.0 Å². The van der Waals surface area contributed by atoms with Gasteiger partial charge in [-0.2, -0.15) is 0 Å². The summed E-state index contributed by atoms with van der Waals surface area (Å²) in [4.78, 5) is 11.8. The largest absolute Gasteiger partial charge is 0.354 e. The third kappa shape index (κ3) is 6.52. The molecule has 0 saturated carbocycles. The smallest absolute Gasteiger partial charge is 0.193 e. The van der Waals surface area contributed by atoms with E-state index in [1.54, 1.807) is 0 Å². The van der Waals surface area contributed by atoms with E-state index in [0.717, 1.165) is 31.2 Å². The zero-order valence-corrected chi connectivity index (χ0v) is 20.5. The molecule has 0 aliphatic carbocycles. The molecule has 2 aliphatic rings. The van der Waals surface area contributed by atoms with Crippen LogP contribution in [0.4, 0.5) is 4.39 Å². The quantitative estimate of drug-likeness (QED) is 0.369. The lowest BCUT2D eigenvalue weighted by Gasteiger charge is -2.50. The normalized spacial score (nSPS) is 20.8. The van der Waals surface area contributed by atoms with Gasteiger partial charge in [-0.25, -0.2) is 4.39 Å². The second kappa shape index (κ2) is 11.5. The van der Waals surface area contributed by atoms with Crippen LogP contribution < -0.4 is 5.32 Å². The number of benzene rings is 1. The Morgan fingerprint density at radius 3 is 2.31 bits per heavy atom. The predicted octanol–water partition coefficient (Wildman–Crippen LogP) is 3.40. The summed E-state index contributed by atoms with van der Waals surface area (Å²) in [7, 11) is 6.11. The van der Waals surface area contributed by atoms with Gasteiger partial charge in [0, 0.05) is 32.7 Å². The Morgan fingerprint density at radius 2 is 1.72 bits per heavy atom. The topological polar surface area (TPSA) is 34.1 Å². The first kappa shape index (κ1) is 24.3. The Morgan fingerprint density at radius 1 is 1.10 bits per heavy atom. The summed E-state index contributed by atoms with van der Waals surface area (Å²) in [5, 5.41) is 3.67. The monoisotopic (exact) mass is 517 g/mol. The van der Waals surface area contributed by atoms with Crippen molar-refractivity contribution < 1.29 is 4.39 Å². The molecule has 7 heteroatoms. The molecule has 2 aliphatic heterocycles. The molecule has 1 N–H and O–H groups in total. The van der Waals surface area contributed by atoms with E-state index in [1.165, 1.54) is 57.3 Å². The summed E-state index contributed by atoms with van der Waals surface area (Å²) >= 11 is 0. The number of nitrogens with one attached hydrogen (secondary N) is 1. The van der Waals surface area contributed by atoms with Gasteiger partial charge in [-0.15, -0.1) is 24.0 Å². The van der Waals surface area contributed by atoms with Crippen LogP contribution in [0, 0.1) is 5.82 Å². The van der Waals surface area contributed by atoms with Gasteiger partial charge >= 0.3 is 0 Å². The molecular weight excluding hydrogens is 480 g/mol. The van der Waals surface area contributed by atoms with Crippen molar-refractivity contribution in [3.05, 3.63) is 35.6 Å². The molecule has 0 atom stereocenters.